The summed E-state index contributed by atoms with van der Waals surface area (Å²) in [7, 11) is 1.85. The Kier molecular flexibility index (Phi) is 6.94. The number of aryl methyl sites for hydroxylation is 1. The normalized spacial score (nSPS) is 11.6. The molecule has 2 N–H and O–H groups in total. The van der Waals surface area contributed by atoms with Gasteiger partial charge in [0.1, 0.15) is 6.54 Å². The van der Waals surface area contributed by atoms with E-state index in [1.165, 1.54) is 10.4 Å². The molecular formula is C14H21ClN6O. The van der Waals surface area contributed by atoms with Crippen LogP contribution in [-0.2, 0) is 11.3 Å². The Morgan fingerprint density at radius 2 is 2.00 bits per heavy atom. The highest BCUT2D eigenvalue weighted by Crippen LogP contribution is 2.13. The van der Waals surface area contributed by atoms with E-state index in [1.807, 2.05) is 45.2 Å². The van der Waals surface area contributed by atoms with Crippen molar-refractivity contribution in [2.24, 2.45) is 0 Å². The standard InChI is InChI=1S/C14H20N6O.ClH/c1-10-4-6-12(7-5-10)14-17-19-20(18-14)9-13(21)16-8-11(2)15-3;/h4-7,11,15H,8-9H2,1-3H3,(H,16,21);1H. The molecule has 0 radical (unpaired) electrons. The van der Waals surface area contributed by atoms with Crippen LogP contribution in [0.3, 0.4) is 0 Å². The summed E-state index contributed by atoms with van der Waals surface area (Å²) in [6.45, 7) is 4.64. The van der Waals surface area contributed by atoms with Crippen LogP contribution in [0.5, 0.6) is 0 Å². The molecule has 1 aromatic heterocycles. The van der Waals surface area contributed by atoms with Gasteiger partial charge in [0.25, 0.3) is 0 Å². The van der Waals surface area contributed by atoms with Crippen molar-refractivity contribution < 1.29 is 4.79 Å². The maximum Gasteiger partial charge on any atom is 0.243 e. The summed E-state index contributed by atoms with van der Waals surface area (Å²) in [5, 5.41) is 17.9. The van der Waals surface area contributed by atoms with E-state index >= 15 is 0 Å². The van der Waals surface area contributed by atoms with E-state index in [0.717, 1.165) is 5.56 Å². The number of tetrazole rings is 1. The fourth-order valence-electron chi connectivity index (χ4n) is 1.68. The third kappa shape index (κ3) is 5.09. The van der Waals surface area contributed by atoms with Crippen LogP contribution in [0.1, 0.15) is 12.5 Å². The SMILES string of the molecule is CNC(C)CNC(=O)Cn1nnc(-c2ccc(C)cc2)n1.Cl. The molecule has 0 aliphatic carbocycles. The molecule has 1 heterocycles. The zero-order valence-electron chi connectivity index (χ0n) is 12.9. The molecule has 1 aromatic carbocycles. The van der Waals surface area contributed by atoms with Gasteiger partial charge in [-0.1, -0.05) is 29.8 Å². The van der Waals surface area contributed by atoms with Gasteiger partial charge in [-0.3, -0.25) is 4.79 Å². The van der Waals surface area contributed by atoms with Crippen molar-refractivity contribution in [2.45, 2.75) is 26.4 Å². The van der Waals surface area contributed by atoms with Gasteiger partial charge >= 0.3 is 0 Å². The average Bonchev–Trinajstić information content (AvgIpc) is 2.94. The molecule has 2 aromatic rings. The molecule has 0 aliphatic rings. The Balaban J connectivity index is 0.00000242. The highest BCUT2D eigenvalue weighted by atomic mass is 35.5. The first-order valence-corrected chi connectivity index (χ1v) is 6.87. The number of nitrogens with one attached hydrogen (secondary N) is 2. The lowest BCUT2D eigenvalue weighted by Gasteiger charge is -2.10. The van der Waals surface area contributed by atoms with Gasteiger partial charge < -0.3 is 10.6 Å². The number of benzene rings is 1. The van der Waals surface area contributed by atoms with E-state index in [1.54, 1.807) is 0 Å². The zero-order chi connectivity index (χ0) is 15.2. The summed E-state index contributed by atoms with van der Waals surface area (Å²) in [5.74, 6) is 0.386. The molecule has 22 heavy (non-hydrogen) atoms. The van der Waals surface area contributed by atoms with Crippen LogP contribution in [0.25, 0.3) is 11.4 Å². The number of carbonyl (C=O) groups excluding carboxylic acids is 1. The first-order chi connectivity index (χ1) is 10.1. The summed E-state index contributed by atoms with van der Waals surface area (Å²) in [4.78, 5) is 13.1. The lowest BCUT2D eigenvalue weighted by atomic mass is 10.1. The lowest BCUT2D eigenvalue weighted by Crippen LogP contribution is -2.38. The van der Waals surface area contributed by atoms with Crippen molar-refractivity contribution in [1.82, 2.24) is 30.8 Å². The van der Waals surface area contributed by atoms with E-state index in [-0.39, 0.29) is 30.9 Å². The van der Waals surface area contributed by atoms with Crippen LogP contribution < -0.4 is 10.6 Å². The molecule has 1 unspecified atom stereocenters. The minimum Gasteiger partial charge on any atom is -0.353 e. The molecule has 120 valence electrons. The number of halogens is 1. The van der Waals surface area contributed by atoms with E-state index in [4.69, 9.17) is 0 Å². The highest BCUT2D eigenvalue weighted by molar-refractivity contribution is 5.85. The summed E-state index contributed by atoms with van der Waals surface area (Å²) in [5.41, 5.74) is 2.06. The van der Waals surface area contributed by atoms with E-state index < -0.39 is 0 Å². The van der Waals surface area contributed by atoms with Crippen LogP contribution in [-0.4, -0.2) is 45.7 Å². The number of hydrogen-bond donors (Lipinski definition) is 2. The summed E-state index contributed by atoms with van der Waals surface area (Å²) in [6, 6.07) is 8.07. The third-order valence-electron chi connectivity index (χ3n) is 3.15. The predicted molar refractivity (Wildman–Crippen MR) is 86.8 cm³/mol. The highest BCUT2D eigenvalue weighted by Gasteiger charge is 2.09. The second-order valence-electron chi connectivity index (χ2n) is 5.00. The van der Waals surface area contributed by atoms with Gasteiger partial charge in [0.15, 0.2) is 0 Å². The maximum absolute atomic E-state index is 11.8. The topological polar surface area (TPSA) is 84.7 Å². The van der Waals surface area contributed by atoms with Gasteiger partial charge in [0.2, 0.25) is 11.7 Å². The minimum absolute atomic E-state index is 0. The molecule has 0 bridgehead atoms. The van der Waals surface area contributed by atoms with Crippen LogP contribution >= 0.6 is 12.4 Å². The summed E-state index contributed by atoms with van der Waals surface area (Å²) < 4.78 is 0. The van der Waals surface area contributed by atoms with Crippen molar-refractivity contribution >= 4 is 18.3 Å². The Hall–Kier alpha value is -1.99. The third-order valence-corrected chi connectivity index (χ3v) is 3.15. The first-order valence-electron chi connectivity index (χ1n) is 6.87. The van der Waals surface area contributed by atoms with Crippen molar-refractivity contribution in [2.75, 3.05) is 13.6 Å². The van der Waals surface area contributed by atoms with Crippen molar-refractivity contribution in [1.29, 1.82) is 0 Å². The molecular weight excluding hydrogens is 304 g/mol. The fourth-order valence-corrected chi connectivity index (χ4v) is 1.68. The molecule has 0 spiro atoms. The fraction of sp³-hybridized carbons (Fsp3) is 0.429. The number of carbonyl (C=O) groups is 1. The van der Waals surface area contributed by atoms with E-state index in [2.05, 4.69) is 26.0 Å². The first kappa shape index (κ1) is 18.1. The molecule has 2 rings (SSSR count). The van der Waals surface area contributed by atoms with Gasteiger partial charge in [0, 0.05) is 18.2 Å². The number of hydrogen-bond acceptors (Lipinski definition) is 5. The van der Waals surface area contributed by atoms with Crippen LogP contribution in [0.15, 0.2) is 24.3 Å². The van der Waals surface area contributed by atoms with Gasteiger partial charge in [-0.05, 0) is 26.1 Å². The number of rotatable bonds is 6. The van der Waals surface area contributed by atoms with Gasteiger partial charge in [-0.2, -0.15) is 4.80 Å². The van der Waals surface area contributed by atoms with E-state index in [9.17, 15) is 4.79 Å². The number of nitrogens with zero attached hydrogens (tertiary/aromatic N) is 4. The van der Waals surface area contributed by atoms with E-state index in [0.29, 0.717) is 12.4 Å². The second kappa shape index (κ2) is 8.45. The Labute approximate surface area is 135 Å². The van der Waals surface area contributed by atoms with Gasteiger partial charge in [0.05, 0.1) is 0 Å². The minimum atomic E-state index is -0.134. The number of likely N-dealkylation sites (N-methyl/N-ethyl adjacent to an activating group) is 1. The van der Waals surface area contributed by atoms with Crippen molar-refractivity contribution in [3.8, 4) is 11.4 Å². The maximum atomic E-state index is 11.8. The quantitative estimate of drug-likeness (QED) is 0.821. The lowest BCUT2D eigenvalue weighted by molar-refractivity contribution is -0.122. The van der Waals surface area contributed by atoms with Gasteiger partial charge in [-0.25, -0.2) is 0 Å². The average molecular weight is 325 g/mol. The molecule has 8 heteroatoms. The zero-order valence-corrected chi connectivity index (χ0v) is 13.7. The summed E-state index contributed by atoms with van der Waals surface area (Å²) >= 11 is 0. The summed E-state index contributed by atoms with van der Waals surface area (Å²) in [6.07, 6.45) is 0. The molecule has 7 nitrogen and oxygen atoms in total. The molecule has 1 amide bonds. The molecule has 0 fully saturated rings. The van der Waals surface area contributed by atoms with Crippen LogP contribution in [0.2, 0.25) is 0 Å². The number of aromatic nitrogens is 4. The monoisotopic (exact) mass is 324 g/mol. The van der Waals surface area contributed by atoms with Crippen molar-refractivity contribution in [3.63, 3.8) is 0 Å². The van der Waals surface area contributed by atoms with Crippen molar-refractivity contribution in [3.05, 3.63) is 29.8 Å². The number of amides is 1. The molecule has 0 saturated carbocycles. The molecule has 0 saturated heterocycles. The largest absolute Gasteiger partial charge is 0.353 e. The Bertz CT molecular complexity index is 598. The Morgan fingerprint density at radius 3 is 2.64 bits per heavy atom. The van der Waals surface area contributed by atoms with Crippen LogP contribution in [0, 0.1) is 6.92 Å². The second-order valence-corrected chi connectivity index (χ2v) is 5.00. The molecule has 1 atom stereocenters. The Morgan fingerprint density at radius 1 is 1.32 bits per heavy atom. The predicted octanol–water partition coefficient (Wildman–Crippen LogP) is 0.794. The van der Waals surface area contributed by atoms with Crippen LogP contribution in [0.4, 0.5) is 0 Å². The van der Waals surface area contributed by atoms with Gasteiger partial charge in [-0.15, -0.1) is 22.6 Å². The smallest absolute Gasteiger partial charge is 0.243 e. The molecule has 0 aliphatic heterocycles.